The van der Waals surface area contributed by atoms with E-state index in [1.807, 2.05) is 36.4 Å². The predicted octanol–water partition coefficient (Wildman–Crippen LogP) is 4.02. The van der Waals surface area contributed by atoms with E-state index < -0.39 is 23.6 Å². The highest BCUT2D eigenvalue weighted by Crippen LogP contribution is 2.44. The van der Waals surface area contributed by atoms with Gasteiger partial charge in [-0.3, -0.25) is 4.79 Å². The van der Waals surface area contributed by atoms with Gasteiger partial charge in [-0.2, -0.15) is 0 Å². The van der Waals surface area contributed by atoms with Gasteiger partial charge in [0.15, 0.2) is 0 Å². The molecular weight excluding hydrogens is 408 g/mol. The molecule has 170 valence electrons. The van der Waals surface area contributed by atoms with E-state index in [2.05, 4.69) is 17.4 Å². The number of alkyl carbamates (subject to hydrolysis) is 1. The average molecular weight is 439 g/mol. The summed E-state index contributed by atoms with van der Waals surface area (Å²) in [6, 6.07) is 15.2. The number of fused-ring (bicyclic) bond motifs is 3. The Morgan fingerprint density at radius 1 is 1.06 bits per heavy atom. The SMILES string of the molecule is CCN(C(=O)CC(C)(C)NC(=O)OCC1c2ccccc2-c2ccccc21)C(C)C(=O)O. The van der Waals surface area contributed by atoms with Gasteiger partial charge in [-0.15, -0.1) is 0 Å². The Labute approximate surface area is 188 Å². The van der Waals surface area contributed by atoms with Crippen LogP contribution in [-0.4, -0.2) is 52.7 Å². The van der Waals surface area contributed by atoms with Crippen molar-refractivity contribution in [2.24, 2.45) is 0 Å². The zero-order chi connectivity index (χ0) is 23.5. The number of rotatable bonds is 8. The fourth-order valence-electron chi connectivity index (χ4n) is 4.23. The van der Waals surface area contributed by atoms with E-state index in [1.165, 1.54) is 11.8 Å². The minimum atomic E-state index is -1.07. The third-order valence-corrected chi connectivity index (χ3v) is 5.86. The fraction of sp³-hybridized carbons (Fsp3) is 0.400. The summed E-state index contributed by atoms with van der Waals surface area (Å²) in [6.07, 6.45) is -0.651. The lowest BCUT2D eigenvalue weighted by molar-refractivity contribution is -0.149. The zero-order valence-corrected chi connectivity index (χ0v) is 18.9. The van der Waals surface area contributed by atoms with Crippen LogP contribution in [0.25, 0.3) is 11.1 Å². The number of ether oxygens (including phenoxy) is 1. The summed E-state index contributed by atoms with van der Waals surface area (Å²) in [7, 11) is 0. The molecule has 1 aliphatic carbocycles. The highest BCUT2D eigenvalue weighted by Gasteiger charge is 2.32. The van der Waals surface area contributed by atoms with Gasteiger partial charge >= 0.3 is 12.1 Å². The molecule has 7 heteroatoms. The maximum absolute atomic E-state index is 12.6. The van der Waals surface area contributed by atoms with E-state index in [-0.39, 0.29) is 31.4 Å². The van der Waals surface area contributed by atoms with Gasteiger partial charge in [-0.05, 0) is 49.9 Å². The summed E-state index contributed by atoms with van der Waals surface area (Å²) >= 11 is 0. The van der Waals surface area contributed by atoms with Crippen LogP contribution in [0.3, 0.4) is 0 Å². The lowest BCUT2D eigenvalue weighted by Crippen LogP contribution is -2.50. The number of likely N-dealkylation sites (N-methyl/N-ethyl adjacent to an activating group) is 1. The molecule has 1 atom stereocenters. The number of benzene rings is 2. The molecule has 32 heavy (non-hydrogen) atoms. The number of nitrogens with one attached hydrogen (secondary N) is 1. The largest absolute Gasteiger partial charge is 0.480 e. The first-order valence-corrected chi connectivity index (χ1v) is 10.8. The van der Waals surface area contributed by atoms with Crippen molar-refractivity contribution < 1.29 is 24.2 Å². The van der Waals surface area contributed by atoms with Crippen LogP contribution < -0.4 is 5.32 Å². The van der Waals surface area contributed by atoms with E-state index in [4.69, 9.17) is 4.74 Å². The predicted molar refractivity (Wildman–Crippen MR) is 121 cm³/mol. The molecule has 0 radical (unpaired) electrons. The third-order valence-electron chi connectivity index (χ3n) is 5.86. The maximum Gasteiger partial charge on any atom is 0.407 e. The first-order chi connectivity index (χ1) is 15.1. The van der Waals surface area contributed by atoms with Gasteiger partial charge < -0.3 is 20.1 Å². The molecule has 0 saturated carbocycles. The first kappa shape index (κ1) is 23.3. The number of carboxylic acid groups (broad SMARTS) is 1. The molecule has 1 aliphatic rings. The third kappa shape index (κ3) is 4.93. The van der Waals surface area contributed by atoms with Crippen molar-refractivity contribution in [1.29, 1.82) is 0 Å². The van der Waals surface area contributed by atoms with E-state index in [0.29, 0.717) is 0 Å². The molecule has 0 saturated heterocycles. The van der Waals surface area contributed by atoms with Crippen LogP contribution in [0.1, 0.15) is 51.2 Å². The summed E-state index contributed by atoms with van der Waals surface area (Å²) in [5.41, 5.74) is 3.64. The standard InChI is InChI=1S/C25H30N2O5/c1-5-27(16(2)23(29)30)22(28)14-25(3,4)26-24(31)32-15-21-19-12-8-6-10-17(19)18-11-7-9-13-20(18)21/h6-13,16,21H,5,14-15H2,1-4H3,(H,26,31)(H,29,30). The molecule has 0 spiro atoms. The molecule has 3 rings (SSSR count). The second kappa shape index (κ2) is 9.42. The van der Waals surface area contributed by atoms with Crippen LogP contribution in [0.15, 0.2) is 48.5 Å². The van der Waals surface area contributed by atoms with Crippen LogP contribution in [0.5, 0.6) is 0 Å². The number of aliphatic carboxylic acids is 1. The van der Waals surface area contributed by atoms with Gasteiger partial charge in [0.1, 0.15) is 12.6 Å². The highest BCUT2D eigenvalue weighted by atomic mass is 16.5. The van der Waals surface area contributed by atoms with Gasteiger partial charge in [-0.25, -0.2) is 9.59 Å². The molecule has 1 unspecified atom stereocenters. The van der Waals surface area contributed by atoms with E-state index >= 15 is 0 Å². The molecule has 2 N–H and O–H groups in total. The second-order valence-corrected chi connectivity index (χ2v) is 8.71. The fourth-order valence-corrected chi connectivity index (χ4v) is 4.23. The van der Waals surface area contributed by atoms with Crippen LogP contribution >= 0.6 is 0 Å². The van der Waals surface area contributed by atoms with Crippen molar-refractivity contribution in [1.82, 2.24) is 10.2 Å². The lowest BCUT2D eigenvalue weighted by Gasteiger charge is -2.31. The quantitative estimate of drug-likeness (QED) is 0.649. The van der Waals surface area contributed by atoms with Crippen LogP contribution in [0.2, 0.25) is 0 Å². The Morgan fingerprint density at radius 3 is 2.09 bits per heavy atom. The number of nitrogens with zero attached hydrogens (tertiary/aromatic N) is 1. The number of hydrogen-bond acceptors (Lipinski definition) is 4. The molecule has 0 fully saturated rings. The summed E-state index contributed by atoms with van der Waals surface area (Å²) < 4.78 is 5.56. The molecule has 2 aromatic carbocycles. The first-order valence-electron chi connectivity index (χ1n) is 10.8. The smallest absolute Gasteiger partial charge is 0.407 e. The Hall–Kier alpha value is -3.35. The highest BCUT2D eigenvalue weighted by molar-refractivity contribution is 5.84. The number of amides is 2. The number of carboxylic acids is 1. The van der Waals surface area contributed by atoms with Crippen molar-refractivity contribution in [2.45, 2.75) is 51.6 Å². The van der Waals surface area contributed by atoms with E-state index in [1.54, 1.807) is 20.8 Å². The maximum atomic E-state index is 12.6. The van der Waals surface area contributed by atoms with Crippen LogP contribution in [0, 0.1) is 0 Å². The number of carbonyl (C=O) groups is 3. The Morgan fingerprint density at radius 2 is 1.59 bits per heavy atom. The van der Waals surface area contributed by atoms with Crippen LogP contribution in [-0.2, 0) is 14.3 Å². The average Bonchev–Trinajstić information content (AvgIpc) is 3.05. The second-order valence-electron chi connectivity index (χ2n) is 8.71. The van der Waals surface area contributed by atoms with E-state index in [9.17, 15) is 19.5 Å². The molecule has 7 nitrogen and oxygen atoms in total. The van der Waals surface area contributed by atoms with Gasteiger partial charge in [0.25, 0.3) is 0 Å². The Kier molecular flexibility index (Phi) is 6.87. The lowest BCUT2D eigenvalue weighted by atomic mass is 9.98. The molecule has 0 heterocycles. The summed E-state index contributed by atoms with van der Waals surface area (Å²) in [5, 5.41) is 12.0. The van der Waals surface area contributed by atoms with Crippen molar-refractivity contribution >= 4 is 18.0 Å². The monoisotopic (exact) mass is 438 g/mol. The van der Waals surface area contributed by atoms with Gasteiger partial charge in [-0.1, -0.05) is 48.5 Å². The van der Waals surface area contributed by atoms with Crippen LogP contribution in [0.4, 0.5) is 4.79 Å². The van der Waals surface area contributed by atoms with Crippen molar-refractivity contribution in [2.75, 3.05) is 13.2 Å². The molecule has 0 aromatic heterocycles. The minimum absolute atomic E-state index is 0.0390. The Bertz CT molecular complexity index is 971. The summed E-state index contributed by atoms with van der Waals surface area (Å²) in [4.78, 5) is 37.7. The Balaban J connectivity index is 1.62. The van der Waals surface area contributed by atoms with Crippen molar-refractivity contribution in [3.05, 3.63) is 59.7 Å². The normalized spacial score (nSPS) is 13.6. The number of carbonyl (C=O) groups excluding carboxylic acids is 2. The molecule has 0 aliphatic heterocycles. The molecule has 2 amide bonds. The summed E-state index contributed by atoms with van der Waals surface area (Å²) in [5.74, 6) is -1.46. The summed E-state index contributed by atoms with van der Waals surface area (Å²) in [6.45, 7) is 7.07. The van der Waals surface area contributed by atoms with Crippen molar-refractivity contribution in [3.63, 3.8) is 0 Å². The van der Waals surface area contributed by atoms with Crippen molar-refractivity contribution in [3.8, 4) is 11.1 Å². The molecule has 2 aromatic rings. The molecular formula is C25H30N2O5. The zero-order valence-electron chi connectivity index (χ0n) is 18.9. The molecule has 0 bridgehead atoms. The minimum Gasteiger partial charge on any atom is -0.480 e. The van der Waals surface area contributed by atoms with Gasteiger partial charge in [0.2, 0.25) is 5.91 Å². The van der Waals surface area contributed by atoms with Gasteiger partial charge in [0, 0.05) is 24.4 Å². The number of hydrogen-bond donors (Lipinski definition) is 2. The van der Waals surface area contributed by atoms with Gasteiger partial charge in [0.05, 0.1) is 0 Å². The topological polar surface area (TPSA) is 95.9 Å². The van der Waals surface area contributed by atoms with E-state index in [0.717, 1.165) is 22.3 Å².